The van der Waals surface area contributed by atoms with Crippen LogP contribution in [0.1, 0.15) is 42.5 Å². The van der Waals surface area contributed by atoms with Crippen LogP contribution in [-0.4, -0.2) is 63.4 Å². The van der Waals surface area contributed by atoms with Gasteiger partial charge in [0.1, 0.15) is 6.04 Å². The van der Waals surface area contributed by atoms with Gasteiger partial charge in [0.2, 0.25) is 5.91 Å². The maximum Gasteiger partial charge on any atom is 0.326 e. The van der Waals surface area contributed by atoms with Crippen LogP contribution < -0.4 is 0 Å². The first-order valence-corrected chi connectivity index (χ1v) is 8.80. The van der Waals surface area contributed by atoms with Crippen molar-refractivity contribution >= 4 is 17.8 Å². The van der Waals surface area contributed by atoms with E-state index in [1.54, 1.807) is 29.4 Å². The number of carbonyl (C=O) groups is 3. The zero-order valence-corrected chi connectivity index (χ0v) is 14.1. The molecule has 25 heavy (non-hydrogen) atoms. The van der Waals surface area contributed by atoms with Crippen LogP contribution in [0.2, 0.25) is 0 Å². The molecule has 1 aromatic rings. The molecule has 0 saturated carbocycles. The molecule has 0 spiro atoms. The van der Waals surface area contributed by atoms with Gasteiger partial charge in [0.15, 0.2) is 0 Å². The van der Waals surface area contributed by atoms with Crippen molar-refractivity contribution in [1.29, 1.82) is 0 Å². The number of aliphatic carboxylic acids is 1. The molecule has 1 aromatic heterocycles. The van der Waals surface area contributed by atoms with Crippen molar-refractivity contribution in [2.45, 2.75) is 38.1 Å². The van der Waals surface area contributed by atoms with E-state index in [1.165, 1.54) is 4.90 Å². The molecule has 2 amide bonds. The summed E-state index contributed by atoms with van der Waals surface area (Å²) < 4.78 is 0. The Bertz CT molecular complexity index is 649. The highest BCUT2D eigenvalue weighted by Gasteiger charge is 2.37. The molecule has 0 bridgehead atoms. The van der Waals surface area contributed by atoms with Crippen molar-refractivity contribution in [2.75, 3.05) is 19.6 Å². The number of carboxylic acid groups (broad SMARTS) is 1. The summed E-state index contributed by atoms with van der Waals surface area (Å²) in [5.74, 6) is -1.49. The van der Waals surface area contributed by atoms with Crippen LogP contribution in [0, 0.1) is 5.92 Å². The van der Waals surface area contributed by atoms with Gasteiger partial charge < -0.3 is 14.9 Å². The minimum Gasteiger partial charge on any atom is -0.480 e. The summed E-state index contributed by atoms with van der Waals surface area (Å²) in [7, 11) is 0. The summed E-state index contributed by atoms with van der Waals surface area (Å²) in [4.78, 5) is 44.0. The zero-order chi connectivity index (χ0) is 17.8. The standard InChI is InChI=1S/C18H23N3O4/c22-16(13-6-8-19-9-7-13)20-10-3-4-14(12-20)17(23)21-11-2-1-5-15(21)18(24)25/h6-9,14-15H,1-5,10-12H2,(H,24,25). The lowest BCUT2D eigenvalue weighted by Crippen LogP contribution is -2.53. The number of amides is 2. The SMILES string of the molecule is O=C(O)C1CCCCN1C(=O)C1CCCN(C(=O)c2ccncc2)C1. The number of carboxylic acids is 1. The molecule has 1 N–H and O–H groups in total. The molecule has 0 aromatic carbocycles. The highest BCUT2D eigenvalue weighted by Crippen LogP contribution is 2.25. The van der Waals surface area contributed by atoms with Crippen LogP contribution in [0.25, 0.3) is 0 Å². The molecule has 0 aliphatic carbocycles. The fourth-order valence-electron chi connectivity index (χ4n) is 3.73. The van der Waals surface area contributed by atoms with Crippen molar-refractivity contribution in [2.24, 2.45) is 5.92 Å². The number of hydrogen-bond acceptors (Lipinski definition) is 4. The molecule has 7 heteroatoms. The molecule has 134 valence electrons. The van der Waals surface area contributed by atoms with E-state index in [0.29, 0.717) is 38.0 Å². The Hall–Kier alpha value is -2.44. The fourth-order valence-corrected chi connectivity index (χ4v) is 3.73. The van der Waals surface area contributed by atoms with E-state index in [1.807, 2.05) is 0 Å². The largest absolute Gasteiger partial charge is 0.480 e. The molecule has 3 heterocycles. The molecule has 0 radical (unpaired) electrons. The Morgan fingerprint density at radius 2 is 1.80 bits per heavy atom. The third kappa shape index (κ3) is 3.81. The molecule has 7 nitrogen and oxygen atoms in total. The van der Waals surface area contributed by atoms with Gasteiger partial charge in [0, 0.05) is 37.6 Å². The smallest absolute Gasteiger partial charge is 0.326 e. The third-order valence-electron chi connectivity index (χ3n) is 5.06. The third-order valence-corrected chi connectivity index (χ3v) is 5.06. The first kappa shape index (κ1) is 17.4. The van der Waals surface area contributed by atoms with Crippen molar-refractivity contribution in [3.63, 3.8) is 0 Å². The van der Waals surface area contributed by atoms with E-state index in [0.717, 1.165) is 19.3 Å². The number of carbonyl (C=O) groups excluding carboxylic acids is 2. The summed E-state index contributed by atoms with van der Waals surface area (Å²) in [6.45, 7) is 1.46. The second-order valence-electron chi connectivity index (χ2n) is 6.71. The first-order valence-electron chi connectivity index (χ1n) is 8.80. The Morgan fingerprint density at radius 3 is 2.52 bits per heavy atom. The average Bonchev–Trinajstić information content (AvgIpc) is 2.67. The van der Waals surface area contributed by atoms with E-state index < -0.39 is 12.0 Å². The molecule has 2 aliphatic rings. The summed E-state index contributed by atoms with van der Waals surface area (Å²) in [5, 5.41) is 9.38. The van der Waals surface area contributed by atoms with Gasteiger partial charge in [0.25, 0.3) is 5.91 Å². The number of aromatic nitrogens is 1. The van der Waals surface area contributed by atoms with Crippen LogP contribution in [0.4, 0.5) is 0 Å². The predicted molar refractivity (Wildman–Crippen MR) is 89.9 cm³/mol. The molecule has 2 atom stereocenters. The van der Waals surface area contributed by atoms with E-state index >= 15 is 0 Å². The van der Waals surface area contributed by atoms with Crippen LogP contribution in [-0.2, 0) is 9.59 Å². The van der Waals surface area contributed by atoms with Crippen LogP contribution in [0.3, 0.4) is 0 Å². The lowest BCUT2D eigenvalue weighted by Gasteiger charge is -2.38. The van der Waals surface area contributed by atoms with Gasteiger partial charge >= 0.3 is 5.97 Å². The number of likely N-dealkylation sites (tertiary alicyclic amines) is 2. The maximum atomic E-state index is 12.9. The summed E-state index contributed by atoms with van der Waals surface area (Å²) in [6.07, 6.45) is 6.77. The second kappa shape index (κ2) is 7.63. The van der Waals surface area contributed by atoms with E-state index in [-0.39, 0.29) is 17.7 Å². The predicted octanol–water partition coefficient (Wildman–Crippen LogP) is 1.40. The first-order chi connectivity index (χ1) is 12.1. The van der Waals surface area contributed by atoms with Crippen molar-refractivity contribution in [1.82, 2.24) is 14.8 Å². The fraction of sp³-hybridized carbons (Fsp3) is 0.556. The van der Waals surface area contributed by atoms with Gasteiger partial charge in [0.05, 0.1) is 5.92 Å². The monoisotopic (exact) mass is 345 g/mol. The molecule has 3 rings (SSSR count). The van der Waals surface area contributed by atoms with E-state index in [4.69, 9.17) is 0 Å². The van der Waals surface area contributed by atoms with Gasteiger partial charge in [-0.05, 0) is 44.2 Å². The highest BCUT2D eigenvalue weighted by molar-refractivity contribution is 5.94. The topological polar surface area (TPSA) is 90.8 Å². The quantitative estimate of drug-likeness (QED) is 0.894. The number of rotatable bonds is 3. The van der Waals surface area contributed by atoms with Gasteiger partial charge in [-0.15, -0.1) is 0 Å². The number of piperidine rings is 2. The van der Waals surface area contributed by atoms with E-state index in [2.05, 4.69) is 4.98 Å². The summed E-state index contributed by atoms with van der Waals surface area (Å²) >= 11 is 0. The van der Waals surface area contributed by atoms with Crippen LogP contribution >= 0.6 is 0 Å². The van der Waals surface area contributed by atoms with Crippen molar-refractivity contribution in [3.05, 3.63) is 30.1 Å². The minimum atomic E-state index is -0.937. The summed E-state index contributed by atoms with van der Waals surface area (Å²) in [5.41, 5.74) is 0.560. The Kier molecular flexibility index (Phi) is 5.31. The number of nitrogens with zero attached hydrogens (tertiary/aromatic N) is 3. The van der Waals surface area contributed by atoms with Gasteiger partial charge in [-0.3, -0.25) is 14.6 Å². The zero-order valence-electron chi connectivity index (χ0n) is 14.1. The van der Waals surface area contributed by atoms with Crippen LogP contribution in [0.15, 0.2) is 24.5 Å². The lowest BCUT2D eigenvalue weighted by molar-refractivity contribution is -0.154. The Balaban J connectivity index is 1.69. The van der Waals surface area contributed by atoms with E-state index in [9.17, 15) is 19.5 Å². The lowest BCUT2D eigenvalue weighted by atomic mass is 9.93. The molecule has 2 fully saturated rings. The molecule has 2 unspecified atom stereocenters. The van der Waals surface area contributed by atoms with Gasteiger partial charge in [-0.1, -0.05) is 0 Å². The average molecular weight is 345 g/mol. The normalized spacial score (nSPS) is 24.0. The Morgan fingerprint density at radius 1 is 1.04 bits per heavy atom. The van der Waals surface area contributed by atoms with Crippen LogP contribution in [0.5, 0.6) is 0 Å². The molecular formula is C18H23N3O4. The molecular weight excluding hydrogens is 322 g/mol. The Labute approximate surface area is 146 Å². The molecule has 2 saturated heterocycles. The van der Waals surface area contributed by atoms with Gasteiger partial charge in [-0.25, -0.2) is 4.79 Å². The van der Waals surface area contributed by atoms with Crippen molar-refractivity contribution < 1.29 is 19.5 Å². The van der Waals surface area contributed by atoms with Gasteiger partial charge in [-0.2, -0.15) is 0 Å². The van der Waals surface area contributed by atoms with Crippen molar-refractivity contribution in [3.8, 4) is 0 Å². The molecule has 2 aliphatic heterocycles. The maximum absolute atomic E-state index is 12.9. The minimum absolute atomic E-state index is 0.103. The summed E-state index contributed by atoms with van der Waals surface area (Å²) in [6, 6.07) is 2.60. The number of hydrogen-bond donors (Lipinski definition) is 1. The highest BCUT2D eigenvalue weighted by atomic mass is 16.4. The number of pyridine rings is 1. The second-order valence-corrected chi connectivity index (χ2v) is 6.71.